The van der Waals surface area contributed by atoms with Gasteiger partial charge in [0.25, 0.3) is 5.69 Å². The molecule has 2 rings (SSSR count). The largest absolute Gasteiger partial charge is 0.352 e. The van der Waals surface area contributed by atoms with Gasteiger partial charge in [0.1, 0.15) is 12.6 Å². The van der Waals surface area contributed by atoms with Gasteiger partial charge in [-0.1, -0.05) is 34.1 Å². The number of non-ortho nitro benzene ring substituents is 1. The van der Waals surface area contributed by atoms with E-state index in [0.29, 0.717) is 0 Å². The Balaban J connectivity index is 2.43. The molecule has 0 spiro atoms. The Morgan fingerprint density at radius 2 is 1.76 bits per heavy atom. The molecule has 1 atom stereocenters. The molecule has 1 N–H and O–H groups in total. The van der Waals surface area contributed by atoms with Crippen molar-refractivity contribution in [2.75, 3.05) is 17.1 Å². The molecule has 2 aromatic rings. The van der Waals surface area contributed by atoms with Gasteiger partial charge in [-0.05, 0) is 44.5 Å². The molecule has 0 bridgehead atoms. The van der Waals surface area contributed by atoms with Crippen LogP contribution in [-0.2, 0) is 26.2 Å². The minimum Gasteiger partial charge on any atom is -0.352 e. The van der Waals surface area contributed by atoms with Crippen LogP contribution < -0.4 is 9.62 Å². The van der Waals surface area contributed by atoms with Gasteiger partial charge in [0, 0.05) is 29.2 Å². The fourth-order valence-electron chi connectivity index (χ4n) is 3.20. The minimum absolute atomic E-state index is 0.0215. The lowest BCUT2D eigenvalue weighted by molar-refractivity contribution is -0.384. The number of halogens is 1. The molecule has 0 radical (unpaired) electrons. The molecule has 34 heavy (non-hydrogen) atoms. The summed E-state index contributed by atoms with van der Waals surface area (Å²) in [6.07, 6.45) is 0.909. The van der Waals surface area contributed by atoms with Crippen molar-refractivity contribution in [2.45, 2.75) is 39.4 Å². The van der Waals surface area contributed by atoms with Crippen molar-refractivity contribution in [3.8, 4) is 0 Å². The van der Waals surface area contributed by atoms with E-state index in [9.17, 15) is 28.1 Å². The van der Waals surface area contributed by atoms with Gasteiger partial charge in [0.15, 0.2) is 0 Å². The smallest absolute Gasteiger partial charge is 0.271 e. The maximum Gasteiger partial charge on any atom is 0.271 e. The van der Waals surface area contributed by atoms with E-state index in [0.717, 1.165) is 26.7 Å². The van der Waals surface area contributed by atoms with Crippen LogP contribution in [0.25, 0.3) is 0 Å². The van der Waals surface area contributed by atoms with Crippen molar-refractivity contribution >= 4 is 49.1 Å². The summed E-state index contributed by atoms with van der Waals surface area (Å²) >= 11 is 3.38. The van der Waals surface area contributed by atoms with Gasteiger partial charge in [-0.25, -0.2) is 8.42 Å². The normalized spacial score (nSPS) is 12.2. The van der Waals surface area contributed by atoms with E-state index in [1.165, 1.54) is 23.1 Å². The quantitative estimate of drug-likeness (QED) is 0.354. The highest BCUT2D eigenvalue weighted by Gasteiger charge is 2.30. The Morgan fingerprint density at radius 3 is 2.32 bits per heavy atom. The first kappa shape index (κ1) is 27.3. The van der Waals surface area contributed by atoms with Crippen molar-refractivity contribution in [1.29, 1.82) is 0 Å². The van der Waals surface area contributed by atoms with Crippen LogP contribution in [0, 0.1) is 10.1 Å². The summed E-state index contributed by atoms with van der Waals surface area (Å²) in [4.78, 5) is 37.9. The maximum absolute atomic E-state index is 13.4. The molecular weight excluding hydrogens is 528 g/mol. The van der Waals surface area contributed by atoms with E-state index in [1.807, 2.05) is 6.07 Å². The molecule has 0 aliphatic carbocycles. The van der Waals surface area contributed by atoms with Crippen LogP contribution in [0.5, 0.6) is 0 Å². The van der Waals surface area contributed by atoms with Gasteiger partial charge in [-0.3, -0.25) is 24.0 Å². The Morgan fingerprint density at radius 1 is 1.12 bits per heavy atom. The molecule has 184 valence electrons. The van der Waals surface area contributed by atoms with Crippen molar-refractivity contribution < 1.29 is 22.9 Å². The molecule has 0 aliphatic heterocycles. The number of anilines is 1. The molecule has 0 saturated carbocycles. The first-order valence-corrected chi connectivity index (χ1v) is 13.0. The van der Waals surface area contributed by atoms with Crippen LogP contribution >= 0.6 is 15.9 Å². The molecule has 10 nitrogen and oxygen atoms in total. The Bertz CT molecular complexity index is 1170. The Hall–Kier alpha value is -2.99. The lowest BCUT2D eigenvalue weighted by atomic mass is 10.1. The van der Waals surface area contributed by atoms with E-state index >= 15 is 0 Å². The second-order valence-electron chi connectivity index (χ2n) is 8.04. The van der Waals surface area contributed by atoms with Crippen molar-refractivity contribution in [3.05, 3.63) is 68.7 Å². The molecule has 2 aromatic carbocycles. The Kier molecular flexibility index (Phi) is 9.16. The van der Waals surface area contributed by atoms with E-state index in [2.05, 4.69) is 21.2 Å². The zero-order chi connectivity index (χ0) is 25.6. The monoisotopic (exact) mass is 554 g/mol. The van der Waals surface area contributed by atoms with Gasteiger partial charge in [-0.2, -0.15) is 0 Å². The van der Waals surface area contributed by atoms with Crippen LogP contribution in [0.1, 0.15) is 26.3 Å². The number of sulfonamides is 1. The molecule has 2 amide bonds. The molecular formula is C22H27BrN4O6S. The summed E-state index contributed by atoms with van der Waals surface area (Å²) < 4.78 is 26.6. The predicted molar refractivity (Wildman–Crippen MR) is 133 cm³/mol. The highest BCUT2D eigenvalue weighted by molar-refractivity contribution is 9.10. The third-order valence-corrected chi connectivity index (χ3v) is 6.48. The zero-order valence-corrected chi connectivity index (χ0v) is 21.7. The van der Waals surface area contributed by atoms with Gasteiger partial charge in [-0.15, -0.1) is 0 Å². The first-order chi connectivity index (χ1) is 15.8. The third-order valence-electron chi connectivity index (χ3n) is 4.85. The van der Waals surface area contributed by atoms with Gasteiger partial charge < -0.3 is 10.2 Å². The summed E-state index contributed by atoms with van der Waals surface area (Å²) in [5, 5.41) is 13.9. The lowest BCUT2D eigenvalue weighted by Gasteiger charge is -2.31. The number of nitrogens with one attached hydrogen (secondary N) is 1. The number of hydrogen-bond donors (Lipinski definition) is 1. The standard InChI is InChI=1S/C22H27BrN4O6S/c1-15(2)24-22(29)16(3)25(13-17-7-5-8-18(23)11-17)21(28)14-26(34(4,32)33)19-9-6-10-20(12-19)27(30)31/h5-12,15-16H,13-14H2,1-4H3,(H,24,29). The van der Waals surface area contributed by atoms with Crippen LogP contribution in [0.3, 0.4) is 0 Å². The van der Waals surface area contributed by atoms with E-state index in [4.69, 9.17) is 0 Å². The zero-order valence-electron chi connectivity index (χ0n) is 19.3. The highest BCUT2D eigenvalue weighted by Crippen LogP contribution is 2.24. The van der Waals surface area contributed by atoms with Gasteiger partial charge in [0.05, 0.1) is 16.9 Å². The highest BCUT2D eigenvalue weighted by atomic mass is 79.9. The second kappa shape index (κ2) is 11.4. The van der Waals surface area contributed by atoms with Crippen LogP contribution in [0.2, 0.25) is 0 Å². The molecule has 0 saturated heterocycles. The summed E-state index contributed by atoms with van der Waals surface area (Å²) in [6, 6.07) is 11.1. The summed E-state index contributed by atoms with van der Waals surface area (Å²) in [6.45, 7) is 4.56. The van der Waals surface area contributed by atoms with Gasteiger partial charge >= 0.3 is 0 Å². The Labute approximate surface area is 207 Å². The predicted octanol–water partition coefficient (Wildman–Crippen LogP) is 3.07. The van der Waals surface area contributed by atoms with E-state index in [-0.39, 0.29) is 29.9 Å². The van der Waals surface area contributed by atoms with Crippen LogP contribution in [0.4, 0.5) is 11.4 Å². The average Bonchev–Trinajstić information content (AvgIpc) is 2.74. The first-order valence-electron chi connectivity index (χ1n) is 10.4. The number of nitro groups is 1. The van der Waals surface area contributed by atoms with Crippen molar-refractivity contribution in [3.63, 3.8) is 0 Å². The van der Waals surface area contributed by atoms with Crippen molar-refractivity contribution in [1.82, 2.24) is 10.2 Å². The molecule has 0 aliphatic rings. The number of nitrogens with zero attached hydrogens (tertiary/aromatic N) is 3. The third kappa shape index (κ3) is 7.52. The lowest BCUT2D eigenvalue weighted by Crippen LogP contribution is -2.52. The maximum atomic E-state index is 13.4. The molecule has 0 heterocycles. The number of hydrogen-bond acceptors (Lipinski definition) is 6. The number of carbonyl (C=O) groups excluding carboxylic acids is 2. The number of amides is 2. The summed E-state index contributed by atoms with van der Waals surface area (Å²) in [5.74, 6) is -1.03. The fourth-order valence-corrected chi connectivity index (χ4v) is 4.48. The van der Waals surface area contributed by atoms with E-state index < -0.39 is 33.4 Å². The summed E-state index contributed by atoms with van der Waals surface area (Å²) in [5.41, 5.74) is 0.397. The molecule has 0 aromatic heterocycles. The van der Waals surface area contributed by atoms with E-state index in [1.54, 1.807) is 39.0 Å². The molecule has 0 fully saturated rings. The molecule has 12 heteroatoms. The van der Waals surface area contributed by atoms with Crippen LogP contribution in [-0.4, -0.2) is 54.9 Å². The number of carbonyl (C=O) groups is 2. The number of benzene rings is 2. The topological polar surface area (TPSA) is 130 Å². The van der Waals surface area contributed by atoms with Crippen molar-refractivity contribution in [2.24, 2.45) is 0 Å². The van der Waals surface area contributed by atoms with Gasteiger partial charge in [0.2, 0.25) is 21.8 Å². The second-order valence-corrected chi connectivity index (χ2v) is 10.9. The van der Waals surface area contributed by atoms with Crippen LogP contribution in [0.15, 0.2) is 53.0 Å². The summed E-state index contributed by atoms with van der Waals surface area (Å²) in [7, 11) is -3.98. The fraction of sp³-hybridized carbons (Fsp3) is 0.364. The SMILES string of the molecule is CC(C)NC(=O)C(C)N(Cc1cccc(Br)c1)C(=O)CN(c1cccc([N+](=O)[O-])c1)S(C)(=O)=O. The average molecular weight is 555 g/mol. The number of rotatable bonds is 10. The molecule has 1 unspecified atom stereocenters. The minimum atomic E-state index is -3.98. The number of nitro benzene ring substituents is 1.